The van der Waals surface area contributed by atoms with Crippen LogP contribution in [0.2, 0.25) is 0 Å². The van der Waals surface area contributed by atoms with Crippen LogP contribution in [0.15, 0.2) is 34.9 Å². The van der Waals surface area contributed by atoms with E-state index in [1.165, 1.54) is 0 Å². The van der Waals surface area contributed by atoms with Crippen molar-refractivity contribution in [2.75, 3.05) is 0 Å². The molecular formula is C10H5N5O5. The van der Waals surface area contributed by atoms with Gasteiger partial charge >= 0.3 is 11.6 Å². The minimum atomic E-state index is -3.31. The Balaban J connectivity index is 2.54. The molecule has 0 spiro atoms. The average molecular weight is 275 g/mol. The molecule has 10 nitrogen and oxygen atoms in total. The van der Waals surface area contributed by atoms with E-state index in [1.807, 2.05) is 0 Å². The number of aromatic nitrogens is 2. The van der Waals surface area contributed by atoms with Crippen LogP contribution in [0.25, 0.3) is 11.4 Å². The first kappa shape index (κ1) is 13.1. The Bertz CT molecular complexity index is 690. The maximum Gasteiger partial charge on any atom is 0.622 e. The zero-order valence-electron chi connectivity index (χ0n) is 9.66. The standard InChI is InChI=1S/C10H5N5O5/c11-6-10(14(16)17,15(18)19)9-12-8(13-20-9)7-4-2-1-3-5-7/h1-5H. The lowest BCUT2D eigenvalue weighted by Crippen LogP contribution is -2.42. The zero-order chi connectivity index (χ0) is 14.8. The van der Waals surface area contributed by atoms with Gasteiger partial charge in [0.05, 0.1) is 0 Å². The summed E-state index contributed by atoms with van der Waals surface area (Å²) in [5.41, 5.74) is -2.86. The highest BCUT2D eigenvalue weighted by atomic mass is 16.7. The summed E-state index contributed by atoms with van der Waals surface area (Å²) in [5, 5.41) is 33.9. The predicted octanol–water partition coefficient (Wildman–Crippen LogP) is 0.966. The molecule has 20 heavy (non-hydrogen) atoms. The van der Waals surface area contributed by atoms with Gasteiger partial charge in [0.1, 0.15) is 9.85 Å². The monoisotopic (exact) mass is 275 g/mol. The zero-order valence-corrected chi connectivity index (χ0v) is 9.66. The molecule has 0 amide bonds. The summed E-state index contributed by atoms with van der Waals surface area (Å²) < 4.78 is 4.53. The minimum absolute atomic E-state index is 0.0797. The molecule has 0 unspecified atom stereocenters. The third-order valence-electron chi connectivity index (χ3n) is 2.44. The van der Waals surface area contributed by atoms with Gasteiger partial charge < -0.3 is 4.52 Å². The van der Waals surface area contributed by atoms with Crippen molar-refractivity contribution in [1.82, 2.24) is 10.1 Å². The van der Waals surface area contributed by atoms with Gasteiger partial charge in [-0.3, -0.25) is 20.2 Å². The van der Waals surface area contributed by atoms with Gasteiger partial charge in [0.2, 0.25) is 11.9 Å². The van der Waals surface area contributed by atoms with Gasteiger partial charge in [0, 0.05) is 5.56 Å². The van der Waals surface area contributed by atoms with Crippen LogP contribution in [0.4, 0.5) is 0 Å². The van der Waals surface area contributed by atoms with Crippen molar-refractivity contribution >= 4 is 0 Å². The molecular weight excluding hydrogens is 270 g/mol. The Morgan fingerprint density at radius 3 is 2.30 bits per heavy atom. The minimum Gasteiger partial charge on any atom is -0.321 e. The molecule has 0 atom stereocenters. The number of benzene rings is 1. The Kier molecular flexibility index (Phi) is 3.10. The van der Waals surface area contributed by atoms with Crippen LogP contribution in [-0.4, -0.2) is 20.0 Å². The van der Waals surface area contributed by atoms with Gasteiger partial charge in [0.25, 0.3) is 0 Å². The lowest BCUT2D eigenvalue weighted by atomic mass is 10.2. The van der Waals surface area contributed by atoms with E-state index in [0.717, 1.165) is 6.07 Å². The highest BCUT2D eigenvalue weighted by Gasteiger charge is 2.65. The first-order valence-corrected chi connectivity index (χ1v) is 5.12. The van der Waals surface area contributed by atoms with Crippen LogP contribution in [0.3, 0.4) is 0 Å². The molecule has 0 aliphatic heterocycles. The molecule has 10 heteroatoms. The van der Waals surface area contributed by atoms with Crippen molar-refractivity contribution in [3.63, 3.8) is 0 Å². The van der Waals surface area contributed by atoms with E-state index >= 15 is 0 Å². The smallest absolute Gasteiger partial charge is 0.321 e. The van der Waals surface area contributed by atoms with Gasteiger partial charge in [0.15, 0.2) is 0 Å². The third-order valence-corrected chi connectivity index (χ3v) is 2.44. The third kappa shape index (κ3) is 1.83. The summed E-state index contributed by atoms with van der Waals surface area (Å²) in [6.07, 6.45) is 0. The molecule has 0 aliphatic rings. The number of hydrogen-bond donors (Lipinski definition) is 0. The van der Waals surface area contributed by atoms with Gasteiger partial charge in [-0.15, -0.1) is 0 Å². The number of nitrogens with zero attached hydrogens (tertiary/aromatic N) is 5. The highest BCUT2D eigenvalue weighted by Crippen LogP contribution is 2.26. The second kappa shape index (κ2) is 4.73. The fraction of sp³-hybridized carbons (Fsp3) is 0.100. The second-order valence-corrected chi connectivity index (χ2v) is 3.59. The largest absolute Gasteiger partial charge is 0.622 e. The summed E-state index contributed by atoms with van der Waals surface area (Å²) >= 11 is 0. The van der Waals surface area contributed by atoms with Gasteiger partial charge in [-0.25, -0.2) is 0 Å². The van der Waals surface area contributed by atoms with E-state index in [4.69, 9.17) is 5.26 Å². The van der Waals surface area contributed by atoms with Crippen LogP contribution in [0, 0.1) is 31.6 Å². The summed E-state index contributed by atoms with van der Waals surface area (Å²) in [4.78, 5) is 22.5. The first-order chi connectivity index (χ1) is 9.52. The lowest BCUT2D eigenvalue weighted by Gasteiger charge is -2.03. The highest BCUT2D eigenvalue weighted by molar-refractivity contribution is 5.53. The van der Waals surface area contributed by atoms with Crippen molar-refractivity contribution in [2.24, 2.45) is 0 Å². The Hall–Kier alpha value is -3.35. The number of nitriles is 1. The van der Waals surface area contributed by atoms with E-state index in [2.05, 4.69) is 14.7 Å². The van der Waals surface area contributed by atoms with E-state index < -0.39 is 21.4 Å². The van der Waals surface area contributed by atoms with Crippen molar-refractivity contribution < 1.29 is 14.4 Å². The molecule has 0 bridgehead atoms. The average Bonchev–Trinajstić information content (AvgIpc) is 2.90. The van der Waals surface area contributed by atoms with Crippen LogP contribution in [0.5, 0.6) is 0 Å². The maximum absolute atomic E-state index is 10.9. The second-order valence-electron chi connectivity index (χ2n) is 3.59. The van der Waals surface area contributed by atoms with Crippen LogP contribution >= 0.6 is 0 Å². The van der Waals surface area contributed by atoms with Crippen molar-refractivity contribution in [3.05, 3.63) is 56.5 Å². The molecule has 1 aromatic carbocycles. The van der Waals surface area contributed by atoms with E-state index in [9.17, 15) is 20.2 Å². The molecule has 2 rings (SSSR count). The number of rotatable bonds is 4. The van der Waals surface area contributed by atoms with Crippen LogP contribution in [-0.2, 0) is 5.66 Å². The van der Waals surface area contributed by atoms with E-state index in [1.54, 1.807) is 30.3 Å². The van der Waals surface area contributed by atoms with Gasteiger partial charge in [-0.05, 0) is 0 Å². The van der Waals surface area contributed by atoms with Crippen molar-refractivity contribution in [3.8, 4) is 17.5 Å². The molecule has 100 valence electrons. The Labute approximate surface area is 110 Å². The molecule has 0 radical (unpaired) electrons. The first-order valence-electron chi connectivity index (χ1n) is 5.12. The van der Waals surface area contributed by atoms with Crippen LogP contribution in [0.1, 0.15) is 5.89 Å². The predicted molar refractivity (Wildman–Crippen MR) is 61.0 cm³/mol. The Morgan fingerprint density at radius 1 is 1.20 bits per heavy atom. The van der Waals surface area contributed by atoms with Gasteiger partial charge in [-0.1, -0.05) is 35.5 Å². The lowest BCUT2D eigenvalue weighted by molar-refractivity contribution is -0.794. The van der Waals surface area contributed by atoms with Crippen LogP contribution < -0.4 is 0 Å². The molecule has 1 heterocycles. The molecule has 0 saturated carbocycles. The quantitative estimate of drug-likeness (QED) is 0.455. The fourth-order valence-electron chi connectivity index (χ4n) is 1.42. The molecule has 1 aromatic heterocycles. The summed E-state index contributed by atoms with van der Waals surface area (Å²) in [7, 11) is 0. The topological polar surface area (TPSA) is 149 Å². The number of nitro groups is 2. The van der Waals surface area contributed by atoms with Crippen molar-refractivity contribution in [2.45, 2.75) is 5.66 Å². The maximum atomic E-state index is 10.9. The number of hydrogen-bond acceptors (Lipinski definition) is 8. The van der Waals surface area contributed by atoms with Gasteiger partial charge in [-0.2, -0.15) is 10.2 Å². The Morgan fingerprint density at radius 2 is 1.80 bits per heavy atom. The molecule has 2 aromatic rings. The molecule has 0 aliphatic carbocycles. The fourth-order valence-corrected chi connectivity index (χ4v) is 1.42. The van der Waals surface area contributed by atoms with E-state index in [-0.39, 0.29) is 5.82 Å². The molecule has 0 N–H and O–H groups in total. The summed E-state index contributed by atoms with van der Waals surface area (Å²) in [5.74, 6) is -1.07. The summed E-state index contributed by atoms with van der Waals surface area (Å²) in [6.45, 7) is 0. The molecule has 0 fully saturated rings. The van der Waals surface area contributed by atoms with E-state index in [0.29, 0.717) is 5.56 Å². The van der Waals surface area contributed by atoms with Crippen molar-refractivity contribution in [1.29, 1.82) is 5.26 Å². The normalized spacial score (nSPS) is 10.8. The SMILES string of the molecule is N#CC(c1nc(-c2ccccc2)no1)([N+](=O)[O-])[N+](=O)[O-]. The summed E-state index contributed by atoms with van der Waals surface area (Å²) in [6, 6.07) is 9.20. The molecule has 0 saturated heterocycles.